The highest BCUT2D eigenvalue weighted by atomic mass is 16.6. The first-order valence-electron chi connectivity index (χ1n) is 11.7. The largest absolute Gasteiger partial charge is 0.478 e. The summed E-state index contributed by atoms with van der Waals surface area (Å²) in [4.78, 5) is 24.9. The maximum atomic E-state index is 13.3. The zero-order chi connectivity index (χ0) is 26.3. The van der Waals surface area contributed by atoms with E-state index >= 15 is 0 Å². The van der Waals surface area contributed by atoms with E-state index in [0.717, 1.165) is 16.3 Å². The average Bonchev–Trinajstić information content (AvgIpc) is 3.26. The summed E-state index contributed by atoms with van der Waals surface area (Å²) in [6.45, 7) is -0.267. The number of benzene rings is 3. The molecule has 6 N–H and O–H groups in total. The third-order valence-electron chi connectivity index (χ3n) is 6.74. The molecular weight excluding hydrogens is 480 g/mol. The number of ether oxygens (including phenoxy) is 1. The van der Waals surface area contributed by atoms with Crippen LogP contribution >= 0.6 is 0 Å². The minimum atomic E-state index is -1.66. The lowest BCUT2D eigenvalue weighted by Crippen LogP contribution is -2.64. The maximum Gasteiger partial charge on any atom is 0.335 e. The number of aliphatic hydroxyl groups excluding tert-OH is 4. The highest BCUT2D eigenvalue weighted by Crippen LogP contribution is 2.27. The quantitative estimate of drug-likeness (QED) is 0.226. The molecule has 10 heteroatoms. The first kappa shape index (κ1) is 24.9. The molecule has 0 bridgehead atoms. The van der Waals surface area contributed by atoms with Crippen LogP contribution < -0.4 is 5.32 Å². The van der Waals surface area contributed by atoms with E-state index in [-0.39, 0.29) is 11.1 Å². The summed E-state index contributed by atoms with van der Waals surface area (Å²) in [6, 6.07) is 16.9. The number of amides is 1. The van der Waals surface area contributed by atoms with Crippen molar-refractivity contribution >= 4 is 33.6 Å². The Kier molecular flexibility index (Phi) is 6.67. The normalized spacial score (nSPS) is 23.8. The summed E-state index contributed by atoms with van der Waals surface area (Å²) >= 11 is 0. The van der Waals surface area contributed by atoms with Crippen molar-refractivity contribution in [3.63, 3.8) is 0 Å². The molecule has 10 nitrogen and oxygen atoms in total. The Bertz CT molecular complexity index is 1480. The predicted molar refractivity (Wildman–Crippen MR) is 133 cm³/mol. The minimum Gasteiger partial charge on any atom is -0.478 e. The van der Waals surface area contributed by atoms with Gasteiger partial charge in [-0.05, 0) is 34.5 Å². The average molecular weight is 507 g/mol. The molecule has 0 saturated carbocycles. The SMILES string of the molecule is O=C(O)c1ccc2c(C(=O)N[C@H]3C(O)O[C@H](CO)[C@@H](O)C3O)cn(Cc3ccc4ccccc4c3)c2c1. The van der Waals surface area contributed by atoms with E-state index in [9.17, 15) is 35.1 Å². The molecule has 0 spiro atoms. The van der Waals surface area contributed by atoms with Gasteiger partial charge in [0.15, 0.2) is 6.29 Å². The highest BCUT2D eigenvalue weighted by molar-refractivity contribution is 6.08. The fourth-order valence-electron chi connectivity index (χ4n) is 4.75. The number of nitrogens with zero attached hydrogens (tertiary/aromatic N) is 1. The number of nitrogens with one attached hydrogen (secondary N) is 1. The molecule has 192 valence electrons. The Labute approximate surface area is 211 Å². The van der Waals surface area contributed by atoms with Gasteiger partial charge in [0.2, 0.25) is 0 Å². The number of carboxylic acids is 1. The van der Waals surface area contributed by atoms with Gasteiger partial charge in [-0.3, -0.25) is 4.79 Å². The Morgan fingerprint density at radius 1 is 0.946 bits per heavy atom. The third-order valence-corrected chi connectivity index (χ3v) is 6.74. The molecule has 37 heavy (non-hydrogen) atoms. The number of aromatic carboxylic acids is 1. The highest BCUT2D eigenvalue weighted by Gasteiger charge is 2.44. The summed E-state index contributed by atoms with van der Waals surface area (Å²) in [5, 5.41) is 54.7. The molecule has 1 amide bonds. The third kappa shape index (κ3) is 4.68. The molecule has 0 radical (unpaired) electrons. The van der Waals surface area contributed by atoms with E-state index < -0.39 is 49.1 Å². The maximum absolute atomic E-state index is 13.3. The molecule has 1 aliphatic heterocycles. The second-order valence-electron chi connectivity index (χ2n) is 9.12. The van der Waals surface area contributed by atoms with E-state index in [1.165, 1.54) is 18.2 Å². The first-order valence-corrected chi connectivity index (χ1v) is 11.7. The monoisotopic (exact) mass is 506 g/mol. The van der Waals surface area contributed by atoms with E-state index in [0.29, 0.717) is 17.4 Å². The molecule has 2 unspecified atom stereocenters. The minimum absolute atomic E-state index is 0.0574. The molecule has 1 aliphatic rings. The number of carboxylic acid groups (broad SMARTS) is 1. The molecule has 1 fully saturated rings. The lowest BCUT2D eigenvalue weighted by Gasteiger charge is -2.40. The number of carbonyl (C=O) groups is 2. The zero-order valence-corrected chi connectivity index (χ0v) is 19.6. The number of fused-ring (bicyclic) bond motifs is 2. The van der Waals surface area contributed by atoms with Crippen molar-refractivity contribution in [2.24, 2.45) is 0 Å². The van der Waals surface area contributed by atoms with Gasteiger partial charge in [-0.1, -0.05) is 42.5 Å². The number of aromatic nitrogens is 1. The Morgan fingerprint density at radius 2 is 1.70 bits per heavy atom. The fraction of sp³-hybridized carbons (Fsp3) is 0.259. The second-order valence-corrected chi connectivity index (χ2v) is 9.12. The number of aliphatic hydroxyl groups is 4. The van der Waals surface area contributed by atoms with Crippen LogP contribution in [0.2, 0.25) is 0 Å². The van der Waals surface area contributed by atoms with Crippen LogP contribution in [0.5, 0.6) is 0 Å². The van der Waals surface area contributed by atoms with Crippen molar-refractivity contribution in [1.82, 2.24) is 9.88 Å². The molecule has 4 aromatic rings. The van der Waals surface area contributed by atoms with Crippen LogP contribution in [-0.4, -0.2) is 79.2 Å². The molecule has 2 heterocycles. The van der Waals surface area contributed by atoms with Crippen LogP contribution in [0, 0.1) is 0 Å². The van der Waals surface area contributed by atoms with Gasteiger partial charge in [0.1, 0.15) is 24.4 Å². The predicted octanol–water partition coefficient (Wildman–Crippen LogP) is 1.07. The van der Waals surface area contributed by atoms with Crippen molar-refractivity contribution in [3.05, 3.63) is 83.6 Å². The number of hydrogen-bond donors (Lipinski definition) is 6. The molecular formula is C27H26N2O8. The van der Waals surface area contributed by atoms with Crippen molar-refractivity contribution in [1.29, 1.82) is 0 Å². The van der Waals surface area contributed by atoms with Crippen LogP contribution in [-0.2, 0) is 11.3 Å². The lowest BCUT2D eigenvalue weighted by atomic mass is 9.96. The van der Waals surface area contributed by atoms with Gasteiger partial charge in [0.05, 0.1) is 17.7 Å². The van der Waals surface area contributed by atoms with Crippen molar-refractivity contribution in [2.45, 2.75) is 37.2 Å². The first-order chi connectivity index (χ1) is 17.8. The van der Waals surface area contributed by atoms with Crippen LogP contribution in [0.4, 0.5) is 0 Å². The van der Waals surface area contributed by atoms with Crippen LogP contribution in [0.25, 0.3) is 21.7 Å². The summed E-state index contributed by atoms with van der Waals surface area (Å²) in [6.07, 6.45) is -4.39. The molecule has 1 saturated heterocycles. The van der Waals surface area contributed by atoms with Gasteiger partial charge in [-0.25, -0.2) is 4.79 Å². The van der Waals surface area contributed by atoms with Gasteiger partial charge in [-0.2, -0.15) is 0 Å². The molecule has 5 atom stereocenters. The summed E-state index contributed by atoms with van der Waals surface area (Å²) in [5.74, 6) is -1.77. The second kappa shape index (κ2) is 9.92. The number of rotatable bonds is 6. The molecule has 1 aromatic heterocycles. The van der Waals surface area contributed by atoms with Gasteiger partial charge < -0.3 is 40.2 Å². The smallest absolute Gasteiger partial charge is 0.335 e. The van der Waals surface area contributed by atoms with E-state index in [2.05, 4.69) is 5.32 Å². The van der Waals surface area contributed by atoms with Crippen LogP contribution in [0.15, 0.2) is 66.9 Å². The number of carbonyl (C=O) groups excluding carboxylic acids is 1. The van der Waals surface area contributed by atoms with Gasteiger partial charge in [0.25, 0.3) is 5.91 Å². The Balaban J connectivity index is 1.50. The summed E-state index contributed by atoms with van der Waals surface area (Å²) < 4.78 is 6.89. The Hall–Kier alpha value is -3.80. The fourth-order valence-corrected chi connectivity index (χ4v) is 4.75. The van der Waals surface area contributed by atoms with Gasteiger partial charge in [0, 0.05) is 23.6 Å². The van der Waals surface area contributed by atoms with E-state index in [4.69, 9.17) is 4.74 Å². The van der Waals surface area contributed by atoms with E-state index in [1.807, 2.05) is 42.5 Å². The van der Waals surface area contributed by atoms with E-state index in [1.54, 1.807) is 10.8 Å². The van der Waals surface area contributed by atoms with Crippen LogP contribution in [0.3, 0.4) is 0 Å². The van der Waals surface area contributed by atoms with Gasteiger partial charge in [-0.15, -0.1) is 0 Å². The standard InChI is InChI=1S/C27H26N2O8/c30-13-21-23(31)24(32)22(27(36)37-21)28-25(33)19-12-29(20-10-17(26(34)35)7-8-18(19)20)11-14-5-6-15-3-1-2-4-16(15)9-14/h1-10,12,21-24,27,30-32,36H,11,13H2,(H,28,33)(H,34,35)/t21-,22-,23-,24?,27?/m1/s1. The zero-order valence-electron chi connectivity index (χ0n) is 19.6. The molecule has 3 aromatic carbocycles. The topological polar surface area (TPSA) is 161 Å². The molecule has 0 aliphatic carbocycles. The summed E-state index contributed by atoms with van der Waals surface area (Å²) in [7, 11) is 0. The Morgan fingerprint density at radius 3 is 2.43 bits per heavy atom. The van der Waals surface area contributed by atoms with Crippen molar-refractivity contribution in [2.75, 3.05) is 6.61 Å². The molecule has 5 rings (SSSR count). The number of hydrogen-bond acceptors (Lipinski definition) is 7. The van der Waals surface area contributed by atoms with Crippen molar-refractivity contribution < 1.29 is 39.9 Å². The lowest BCUT2D eigenvalue weighted by molar-refractivity contribution is -0.252. The van der Waals surface area contributed by atoms with Crippen LogP contribution in [0.1, 0.15) is 26.3 Å². The van der Waals surface area contributed by atoms with Gasteiger partial charge >= 0.3 is 5.97 Å². The van der Waals surface area contributed by atoms with Crippen molar-refractivity contribution in [3.8, 4) is 0 Å². The summed E-state index contributed by atoms with van der Waals surface area (Å²) in [5.41, 5.74) is 1.69.